The summed E-state index contributed by atoms with van der Waals surface area (Å²) in [4.78, 5) is 15.0. The van der Waals surface area contributed by atoms with Gasteiger partial charge >= 0.3 is 0 Å². The highest BCUT2D eigenvalue weighted by Gasteiger charge is 2.31. The third kappa shape index (κ3) is 3.20. The Morgan fingerprint density at radius 3 is 2.56 bits per heavy atom. The molecular formula is C19H18F2N2O3S. The number of aromatic nitrogens is 1. The number of nitrogens with two attached hydrogens (primary N) is 1. The minimum atomic E-state index is -2.59. The average Bonchev–Trinajstić information content (AvgIpc) is 3.19. The number of rotatable bonds is 3. The first-order valence-electron chi connectivity index (χ1n) is 8.39. The summed E-state index contributed by atoms with van der Waals surface area (Å²) in [5.74, 6) is -2.03. The second-order valence-electron chi connectivity index (χ2n) is 6.84. The third-order valence-corrected chi connectivity index (χ3v) is 6.87. The molecule has 1 amide bonds. The average molecular weight is 392 g/mol. The van der Waals surface area contributed by atoms with Crippen LogP contribution < -0.4 is 5.73 Å². The quantitative estimate of drug-likeness (QED) is 0.530. The van der Waals surface area contributed by atoms with Gasteiger partial charge in [0, 0.05) is 29.0 Å². The highest BCUT2D eigenvalue weighted by Crippen LogP contribution is 2.52. The summed E-state index contributed by atoms with van der Waals surface area (Å²) < 4.78 is 46.8. The lowest BCUT2D eigenvalue weighted by Crippen LogP contribution is -2.11. The molecule has 2 aromatic carbocycles. The first-order chi connectivity index (χ1) is 12.7. The Labute approximate surface area is 155 Å². The van der Waals surface area contributed by atoms with E-state index < -0.39 is 28.1 Å². The summed E-state index contributed by atoms with van der Waals surface area (Å²) in [7, 11) is -2.59. The lowest BCUT2D eigenvalue weighted by molar-refractivity contribution is 0.100. The van der Waals surface area contributed by atoms with Crippen molar-refractivity contribution in [3.63, 3.8) is 0 Å². The van der Waals surface area contributed by atoms with Crippen LogP contribution in [0, 0.1) is 11.6 Å². The fraction of sp³-hybridized carbons (Fsp3) is 0.211. The monoisotopic (exact) mass is 392 g/mol. The van der Waals surface area contributed by atoms with Gasteiger partial charge in [0.1, 0.15) is 0 Å². The van der Waals surface area contributed by atoms with Crippen LogP contribution in [0.1, 0.15) is 28.3 Å². The van der Waals surface area contributed by atoms with Crippen LogP contribution in [0.2, 0.25) is 0 Å². The number of amides is 1. The van der Waals surface area contributed by atoms with Crippen LogP contribution in [-0.2, 0) is 0 Å². The van der Waals surface area contributed by atoms with E-state index in [1.54, 1.807) is 18.3 Å². The van der Waals surface area contributed by atoms with Crippen molar-refractivity contribution >= 4 is 27.4 Å². The van der Waals surface area contributed by atoms with Gasteiger partial charge in [-0.15, -0.1) is 0 Å². The molecule has 1 aromatic heterocycles. The number of carbonyl (C=O) groups is 1. The molecule has 2 heterocycles. The van der Waals surface area contributed by atoms with Crippen molar-refractivity contribution in [2.45, 2.75) is 12.3 Å². The normalized spacial score (nSPS) is 20.1. The Balaban J connectivity index is 1.89. The summed E-state index contributed by atoms with van der Waals surface area (Å²) in [6.07, 6.45) is 2.37. The minimum Gasteiger partial charge on any atom is -0.366 e. The molecule has 0 radical (unpaired) electrons. The zero-order valence-corrected chi connectivity index (χ0v) is 15.0. The van der Waals surface area contributed by atoms with Crippen LogP contribution in [-0.4, -0.2) is 31.5 Å². The van der Waals surface area contributed by atoms with E-state index in [2.05, 4.69) is 4.98 Å². The van der Waals surface area contributed by atoms with E-state index in [-0.39, 0.29) is 17.2 Å². The second kappa shape index (κ2) is 6.33. The van der Waals surface area contributed by atoms with Crippen LogP contribution >= 0.6 is 10.6 Å². The van der Waals surface area contributed by atoms with Crippen molar-refractivity contribution < 1.29 is 22.7 Å². The van der Waals surface area contributed by atoms with Crippen molar-refractivity contribution in [1.82, 2.24) is 4.98 Å². The number of hydrogen-bond acceptors (Lipinski definition) is 3. The van der Waals surface area contributed by atoms with Gasteiger partial charge in [0.25, 0.3) is 5.91 Å². The highest BCUT2D eigenvalue weighted by atomic mass is 32.3. The Bertz CT molecular complexity index is 1060. The number of H-pyrrole nitrogens is 1. The summed E-state index contributed by atoms with van der Waals surface area (Å²) >= 11 is 0. The molecule has 3 aromatic rings. The maximum Gasteiger partial charge on any atom is 0.250 e. The number of nitrogens with one attached hydrogen (secondary N) is 1. The van der Waals surface area contributed by atoms with E-state index in [1.807, 2.05) is 0 Å². The summed E-state index contributed by atoms with van der Waals surface area (Å²) in [6.45, 7) is 0. The standard InChI is InChI=1S/C19H18F2N2O3S/c20-16-2-1-10(7-17(16)21)12-5-13-15(11-3-4-27(25,26)9-11)8-23-18(13)14(6-12)19(22)24/h1-2,5-8,11,23,25-26H,3-4,9H2,(H2,22,24). The van der Waals surface area contributed by atoms with Gasteiger partial charge in [0.2, 0.25) is 0 Å². The van der Waals surface area contributed by atoms with Gasteiger partial charge in [0.15, 0.2) is 11.6 Å². The number of benzene rings is 2. The maximum absolute atomic E-state index is 13.7. The predicted octanol–water partition coefficient (Wildman–Crippen LogP) is 4.45. The zero-order chi connectivity index (χ0) is 19.3. The number of fused-ring (bicyclic) bond motifs is 1. The molecule has 1 fully saturated rings. The Morgan fingerprint density at radius 1 is 1.15 bits per heavy atom. The van der Waals surface area contributed by atoms with E-state index in [4.69, 9.17) is 5.73 Å². The fourth-order valence-corrected chi connectivity index (χ4v) is 5.51. The van der Waals surface area contributed by atoms with Gasteiger partial charge in [-0.2, -0.15) is 10.6 Å². The largest absolute Gasteiger partial charge is 0.366 e. The van der Waals surface area contributed by atoms with Crippen LogP contribution in [0.5, 0.6) is 0 Å². The van der Waals surface area contributed by atoms with Gasteiger partial charge in [-0.1, -0.05) is 6.07 Å². The first kappa shape index (κ1) is 18.0. The molecule has 1 unspecified atom stereocenters. The molecule has 5 nitrogen and oxygen atoms in total. The van der Waals surface area contributed by atoms with E-state index >= 15 is 0 Å². The molecule has 1 saturated heterocycles. The molecular weight excluding hydrogens is 374 g/mol. The smallest absolute Gasteiger partial charge is 0.250 e. The van der Waals surface area contributed by atoms with E-state index in [0.29, 0.717) is 34.2 Å². The number of aromatic amines is 1. The van der Waals surface area contributed by atoms with E-state index in [1.165, 1.54) is 6.07 Å². The van der Waals surface area contributed by atoms with Gasteiger partial charge in [-0.25, -0.2) is 8.78 Å². The number of hydrogen-bond donors (Lipinski definition) is 4. The number of carbonyl (C=O) groups excluding carboxylic acids is 1. The molecule has 0 bridgehead atoms. The van der Waals surface area contributed by atoms with Crippen molar-refractivity contribution in [3.05, 3.63) is 59.3 Å². The predicted molar refractivity (Wildman–Crippen MR) is 102 cm³/mol. The molecule has 1 aliphatic heterocycles. The highest BCUT2D eigenvalue weighted by molar-refractivity contribution is 8.24. The van der Waals surface area contributed by atoms with Crippen LogP contribution in [0.3, 0.4) is 0 Å². The summed E-state index contributed by atoms with van der Waals surface area (Å²) in [6, 6.07) is 6.86. The molecule has 27 heavy (non-hydrogen) atoms. The van der Waals surface area contributed by atoms with E-state index in [0.717, 1.165) is 17.7 Å². The Hall–Kier alpha value is -2.42. The lowest BCUT2D eigenvalue weighted by Gasteiger charge is -2.26. The number of primary amides is 1. The van der Waals surface area contributed by atoms with Crippen molar-refractivity contribution in [2.75, 3.05) is 11.5 Å². The molecule has 0 spiro atoms. The minimum absolute atomic E-state index is 0.0651. The molecule has 0 saturated carbocycles. The fourth-order valence-electron chi connectivity index (χ4n) is 3.69. The molecule has 1 atom stereocenters. The molecule has 0 aliphatic carbocycles. The van der Waals surface area contributed by atoms with Crippen LogP contribution in [0.4, 0.5) is 8.78 Å². The summed E-state index contributed by atoms with van der Waals surface area (Å²) in [5.41, 5.74) is 8.11. The topological polar surface area (TPSA) is 99.3 Å². The summed E-state index contributed by atoms with van der Waals surface area (Å²) in [5, 5.41) is 0.716. The van der Waals surface area contributed by atoms with Gasteiger partial charge in [-0.05, 0) is 47.4 Å². The van der Waals surface area contributed by atoms with Crippen molar-refractivity contribution in [3.8, 4) is 11.1 Å². The van der Waals surface area contributed by atoms with Crippen LogP contribution in [0.25, 0.3) is 22.0 Å². The molecule has 142 valence electrons. The van der Waals surface area contributed by atoms with Crippen molar-refractivity contribution in [1.29, 1.82) is 0 Å². The Morgan fingerprint density at radius 2 is 1.93 bits per heavy atom. The SMILES string of the molecule is NC(=O)c1cc(-c2ccc(F)c(F)c2)cc2c(C3CCS(O)(O)C3)c[nH]c12. The number of halogens is 2. The van der Waals surface area contributed by atoms with Crippen molar-refractivity contribution in [2.24, 2.45) is 5.73 Å². The molecule has 1 aliphatic rings. The molecule has 4 rings (SSSR count). The molecule has 8 heteroatoms. The van der Waals surface area contributed by atoms with Gasteiger partial charge < -0.3 is 10.7 Å². The van der Waals surface area contributed by atoms with Gasteiger partial charge in [-0.3, -0.25) is 13.9 Å². The maximum atomic E-state index is 13.7. The third-order valence-electron chi connectivity index (χ3n) is 5.04. The molecule has 5 N–H and O–H groups in total. The lowest BCUT2D eigenvalue weighted by atomic mass is 9.94. The van der Waals surface area contributed by atoms with Crippen LogP contribution in [0.15, 0.2) is 36.5 Å². The van der Waals surface area contributed by atoms with Gasteiger partial charge in [0.05, 0.1) is 11.1 Å². The Kier molecular flexibility index (Phi) is 4.21. The second-order valence-corrected chi connectivity index (χ2v) is 9.19. The zero-order valence-electron chi connectivity index (χ0n) is 14.2. The van der Waals surface area contributed by atoms with E-state index in [9.17, 15) is 22.7 Å². The first-order valence-corrected chi connectivity index (χ1v) is 10.3.